The molecule has 0 aromatic heterocycles. The Balaban J connectivity index is 1.29. The zero-order valence-corrected chi connectivity index (χ0v) is 16.4. The van der Waals surface area contributed by atoms with Crippen molar-refractivity contribution in [1.82, 2.24) is 20.0 Å². The highest BCUT2D eigenvalue weighted by atomic mass is 19.1. The van der Waals surface area contributed by atoms with Crippen LogP contribution in [0.1, 0.15) is 25.3 Å². The van der Waals surface area contributed by atoms with Crippen LogP contribution in [-0.4, -0.2) is 72.1 Å². The zero-order valence-electron chi connectivity index (χ0n) is 16.4. The minimum Gasteiger partial charge on any atom is -0.494 e. The summed E-state index contributed by atoms with van der Waals surface area (Å²) < 4.78 is 18.8. The lowest BCUT2D eigenvalue weighted by atomic mass is 9.96. The number of urea groups is 1. The number of piperazine rings is 1. The van der Waals surface area contributed by atoms with Gasteiger partial charge in [0, 0.05) is 32.7 Å². The first-order chi connectivity index (χ1) is 13.4. The highest BCUT2D eigenvalue weighted by molar-refractivity contribution is 6.07. The topological polar surface area (TPSA) is 65.1 Å². The van der Waals surface area contributed by atoms with Crippen molar-refractivity contribution < 1.29 is 18.7 Å². The molecule has 7 nitrogen and oxygen atoms in total. The smallest absolute Gasteiger partial charge is 0.326 e. The van der Waals surface area contributed by atoms with E-state index in [0.717, 1.165) is 44.6 Å². The largest absolute Gasteiger partial charge is 0.494 e. The number of ether oxygens (including phenoxy) is 1. The van der Waals surface area contributed by atoms with Crippen molar-refractivity contribution in [2.45, 2.75) is 31.8 Å². The van der Waals surface area contributed by atoms with Crippen LogP contribution >= 0.6 is 0 Å². The van der Waals surface area contributed by atoms with E-state index in [2.05, 4.69) is 15.1 Å². The van der Waals surface area contributed by atoms with Gasteiger partial charge in [-0.05, 0) is 43.4 Å². The Morgan fingerprint density at radius 3 is 2.46 bits per heavy atom. The number of nitrogens with one attached hydrogen (secondary N) is 1. The number of benzene rings is 1. The van der Waals surface area contributed by atoms with Gasteiger partial charge in [-0.15, -0.1) is 0 Å². The zero-order chi connectivity index (χ0) is 19.9. The molecule has 0 bridgehead atoms. The summed E-state index contributed by atoms with van der Waals surface area (Å²) in [6, 6.07) is 4.75. The van der Waals surface area contributed by atoms with Crippen LogP contribution in [0.4, 0.5) is 9.18 Å². The van der Waals surface area contributed by atoms with Gasteiger partial charge in [0.15, 0.2) is 11.6 Å². The van der Waals surface area contributed by atoms with E-state index in [4.69, 9.17) is 4.74 Å². The molecule has 1 N–H and O–H groups in total. The van der Waals surface area contributed by atoms with Gasteiger partial charge in [-0.25, -0.2) is 14.1 Å². The molecule has 3 amide bonds. The molecule has 3 aliphatic rings. The van der Waals surface area contributed by atoms with Crippen LogP contribution in [0.2, 0.25) is 0 Å². The van der Waals surface area contributed by atoms with Gasteiger partial charge in [0.05, 0.1) is 13.8 Å². The standard InChI is InChI=1S/C20H27FN4O3/c1-20(15-4-5-15)18(26)25(19(27)22-20)13-24-9-7-23(8-10-24)12-14-3-6-17(28-2)16(21)11-14/h3,6,11,15H,4-5,7-10,12-13H2,1-2H3,(H,22,27)/t20-/m0/s1. The molecule has 0 unspecified atom stereocenters. The molecule has 4 rings (SSSR count). The van der Waals surface area contributed by atoms with Gasteiger partial charge in [0.2, 0.25) is 0 Å². The third-order valence-electron chi connectivity index (χ3n) is 6.12. The van der Waals surface area contributed by atoms with Crippen LogP contribution in [0.25, 0.3) is 0 Å². The predicted octanol–water partition coefficient (Wildman–Crippen LogP) is 1.63. The van der Waals surface area contributed by atoms with E-state index in [1.165, 1.54) is 18.1 Å². The number of methoxy groups -OCH3 is 1. The number of amides is 3. The number of nitrogens with zero attached hydrogens (tertiary/aromatic N) is 3. The Kier molecular flexibility index (Phi) is 5.01. The minimum atomic E-state index is -0.725. The molecule has 2 saturated heterocycles. The second-order valence-corrected chi connectivity index (χ2v) is 8.14. The van der Waals surface area contributed by atoms with Crippen molar-refractivity contribution in [2.75, 3.05) is 40.0 Å². The minimum absolute atomic E-state index is 0.101. The second-order valence-electron chi connectivity index (χ2n) is 8.14. The fourth-order valence-electron chi connectivity index (χ4n) is 4.14. The number of rotatable bonds is 6. The summed E-state index contributed by atoms with van der Waals surface area (Å²) in [4.78, 5) is 30.8. The molecule has 0 spiro atoms. The number of carbonyl (C=O) groups excluding carboxylic acids is 2. The molecule has 1 atom stereocenters. The molecule has 1 aromatic carbocycles. The molecule has 1 saturated carbocycles. The maximum Gasteiger partial charge on any atom is 0.326 e. The number of imide groups is 1. The Morgan fingerprint density at radius 1 is 1.18 bits per heavy atom. The van der Waals surface area contributed by atoms with Crippen LogP contribution < -0.4 is 10.1 Å². The molecular weight excluding hydrogens is 363 g/mol. The average molecular weight is 390 g/mol. The fourth-order valence-corrected chi connectivity index (χ4v) is 4.14. The Hall–Kier alpha value is -2.19. The monoisotopic (exact) mass is 390 g/mol. The molecule has 1 aromatic rings. The number of hydrogen-bond acceptors (Lipinski definition) is 5. The van der Waals surface area contributed by atoms with Gasteiger partial charge in [-0.1, -0.05) is 6.07 Å². The molecule has 1 aliphatic carbocycles. The molecular formula is C20H27FN4O3. The third-order valence-corrected chi connectivity index (χ3v) is 6.12. The lowest BCUT2D eigenvalue weighted by Crippen LogP contribution is -2.51. The molecule has 3 fully saturated rings. The number of halogens is 1. The average Bonchev–Trinajstić information content (AvgIpc) is 3.49. The number of carbonyl (C=O) groups is 2. The van der Waals surface area contributed by atoms with E-state index < -0.39 is 5.54 Å². The van der Waals surface area contributed by atoms with Crippen LogP contribution in [0, 0.1) is 11.7 Å². The van der Waals surface area contributed by atoms with Gasteiger partial charge in [-0.2, -0.15) is 0 Å². The molecule has 2 heterocycles. The highest BCUT2D eigenvalue weighted by Crippen LogP contribution is 2.42. The van der Waals surface area contributed by atoms with Crippen molar-refractivity contribution in [2.24, 2.45) is 5.92 Å². The molecule has 28 heavy (non-hydrogen) atoms. The van der Waals surface area contributed by atoms with Crippen molar-refractivity contribution in [3.05, 3.63) is 29.6 Å². The first-order valence-electron chi connectivity index (χ1n) is 9.82. The lowest BCUT2D eigenvalue weighted by Gasteiger charge is -2.36. The summed E-state index contributed by atoms with van der Waals surface area (Å²) >= 11 is 0. The molecule has 8 heteroatoms. The highest BCUT2D eigenvalue weighted by Gasteiger charge is 2.56. The SMILES string of the molecule is COc1ccc(CN2CCN(CN3C(=O)N[C@@](C)(C4CC4)C3=O)CC2)cc1F. The van der Waals surface area contributed by atoms with Crippen molar-refractivity contribution >= 4 is 11.9 Å². The third kappa shape index (κ3) is 3.58. The van der Waals surface area contributed by atoms with Crippen molar-refractivity contribution in [1.29, 1.82) is 0 Å². The lowest BCUT2D eigenvalue weighted by molar-refractivity contribution is -0.133. The van der Waals surface area contributed by atoms with E-state index >= 15 is 0 Å². The normalized spacial score (nSPS) is 26.6. The second kappa shape index (κ2) is 7.33. The van der Waals surface area contributed by atoms with E-state index in [1.54, 1.807) is 6.07 Å². The molecule has 152 valence electrons. The van der Waals surface area contributed by atoms with Crippen LogP contribution in [0.5, 0.6) is 5.75 Å². The summed E-state index contributed by atoms with van der Waals surface area (Å²) in [5, 5.41) is 2.89. The van der Waals surface area contributed by atoms with Crippen molar-refractivity contribution in [3.63, 3.8) is 0 Å². The quantitative estimate of drug-likeness (QED) is 0.748. The first kappa shape index (κ1) is 19.1. The predicted molar refractivity (Wildman–Crippen MR) is 101 cm³/mol. The summed E-state index contributed by atoms with van der Waals surface area (Å²) in [7, 11) is 1.45. The van der Waals surface area contributed by atoms with Crippen LogP contribution in [0.3, 0.4) is 0 Å². The summed E-state index contributed by atoms with van der Waals surface area (Å²) in [5.74, 6) is 0.0723. The van der Waals surface area contributed by atoms with E-state index in [-0.39, 0.29) is 29.4 Å². The van der Waals surface area contributed by atoms with E-state index in [1.807, 2.05) is 13.0 Å². The van der Waals surface area contributed by atoms with E-state index in [0.29, 0.717) is 13.2 Å². The maximum atomic E-state index is 13.9. The van der Waals surface area contributed by atoms with Crippen LogP contribution in [0.15, 0.2) is 18.2 Å². The van der Waals surface area contributed by atoms with Gasteiger partial charge < -0.3 is 10.1 Å². The summed E-state index contributed by atoms with van der Waals surface area (Å²) in [6.45, 7) is 5.96. The summed E-state index contributed by atoms with van der Waals surface area (Å²) in [5.41, 5.74) is 0.179. The first-order valence-corrected chi connectivity index (χ1v) is 9.82. The van der Waals surface area contributed by atoms with Gasteiger partial charge in [0.25, 0.3) is 5.91 Å². The summed E-state index contributed by atoms with van der Waals surface area (Å²) in [6.07, 6.45) is 2.00. The molecule has 0 radical (unpaired) electrons. The Bertz CT molecular complexity index is 777. The van der Waals surface area contributed by atoms with Gasteiger partial charge in [0.1, 0.15) is 5.54 Å². The van der Waals surface area contributed by atoms with Gasteiger partial charge >= 0.3 is 6.03 Å². The fraction of sp³-hybridized carbons (Fsp3) is 0.600. The molecule has 2 aliphatic heterocycles. The van der Waals surface area contributed by atoms with E-state index in [9.17, 15) is 14.0 Å². The Morgan fingerprint density at radius 2 is 1.86 bits per heavy atom. The maximum absolute atomic E-state index is 13.9. The van der Waals surface area contributed by atoms with Crippen molar-refractivity contribution in [3.8, 4) is 5.75 Å². The van der Waals surface area contributed by atoms with Crippen LogP contribution in [-0.2, 0) is 11.3 Å². The number of hydrogen-bond donors (Lipinski definition) is 1. The Labute approximate surface area is 164 Å². The van der Waals surface area contributed by atoms with Gasteiger partial charge in [-0.3, -0.25) is 14.6 Å².